The maximum Gasteiger partial charge on any atom is 0.290 e. The predicted octanol–water partition coefficient (Wildman–Crippen LogP) is 1.50. The first-order valence-corrected chi connectivity index (χ1v) is 10.2. The summed E-state index contributed by atoms with van der Waals surface area (Å²) in [6.45, 7) is 2.25. The summed E-state index contributed by atoms with van der Waals surface area (Å²) in [4.78, 5) is 29.8. The Bertz CT molecular complexity index is 844. The highest BCUT2D eigenvalue weighted by Crippen LogP contribution is 2.28. The Kier molecular flexibility index (Phi) is 7.23. The van der Waals surface area contributed by atoms with Crippen molar-refractivity contribution in [2.75, 3.05) is 26.7 Å². The van der Waals surface area contributed by atoms with Crippen molar-refractivity contribution in [3.63, 3.8) is 0 Å². The van der Waals surface area contributed by atoms with Gasteiger partial charge in [0, 0.05) is 32.5 Å². The van der Waals surface area contributed by atoms with E-state index in [2.05, 4.69) is 22.0 Å². The summed E-state index contributed by atoms with van der Waals surface area (Å²) < 4.78 is 5.92. The number of hydrogen-bond acceptors (Lipinski definition) is 6. The van der Waals surface area contributed by atoms with E-state index < -0.39 is 5.60 Å². The van der Waals surface area contributed by atoms with Crippen molar-refractivity contribution in [3.05, 3.63) is 53.2 Å². The van der Waals surface area contributed by atoms with Crippen molar-refractivity contribution >= 4 is 12.4 Å². The van der Waals surface area contributed by atoms with Crippen molar-refractivity contribution in [3.8, 4) is 0 Å². The van der Waals surface area contributed by atoms with Crippen LogP contribution in [0.4, 0.5) is 0 Å². The molecule has 2 aromatic rings. The fraction of sp³-hybridized carbons (Fsp3) is 0.500. The third-order valence-corrected chi connectivity index (χ3v) is 5.74. The third kappa shape index (κ3) is 5.25. The van der Waals surface area contributed by atoms with Gasteiger partial charge in [0.05, 0.1) is 6.54 Å². The molecule has 1 saturated heterocycles. The monoisotopic (exact) mass is 415 g/mol. The zero-order valence-electron chi connectivity index (χ0n) is 17.3. The lowest BCUT2D eigenvalue weighted by atomic mass is 9.89. The molecule has 2 N–H and O–H groups in total. The first kappa shape index (κ1) is 22.0. The SMILES string of the molecule is CN1CCC(O)(C(=O)N2CCc3oc(CCc4ccccc4)nc3C2)CC1.O=CO. The Labute approximate surface area is 176 Å². The van der Waals surface area contributed by atoms with E-state index in [0.29, 0.717) is 32.4 Å². The molecule has 0 atom stereocenters. The Morgan fingerprint density at radius 1 is 1.20 bits per heavy atom. The minimum absolute atomic E-state index is 0.157. The van der Waals surface area contributed by atoms with Crippen LogP contribution in [0, 0.1) is 0 Å². The molecule has 0 spiro atoms. The van der Waals surface area contributed by atoms with E-state index >= 15 is 0 Å². The molecule has 1 amide bonds. The van der Waals surface area contributed by atoms with Gasteiger partial charge in [-0.3, -0.25) is 9.59 Å². The van der Waals surface area contributed by atoms with E-state index in [1.165, 1.54) is 5.56 Å². The second-order valence-corrected chi connectivity index (χ2v) is 7.88. The number of hydrogen-bond donors (Lipinski definition) is 2. The number of aromatic nitrogens is 1. The van der Waals surface area contributed by atoms with Gasteiger partial charge in [0.1, 0.15) is 17.1 Å². The number of likely N-dealkylation sites (tertiary alicyclic amines) is 1. The van der Waals surface area contributed by atoms with Crippen molar-refractivity contribution in [2.45, 2.75) is 44.2 Å². The highest BCUT2D eigenvalue weighted by molar-refractivity contribution is 5.85. The molecule has 8 nitrogen and oxygen atoms in total. The number of piperidine rings is 1. The van der Waals surface area contributed by atoms with Gasteiger partial charge in [0.15, 0.2) is 5.89 Å². The van der Waals surface area contributed by atoms with E-state index in [1.807, 2.05) is 25.2 Å². The molecule has 1 aromatic heterocycles. The van der Waals surface area contributed by atoms with Crippen LogP contribution in [0.3, 0.4) is 0 Å². The molecule has 0 bridgehead atoms. The third-order valence-electron chi connectivity index (χ3n) is 5.74. The van der Waals surface area contributed by atoms with E-state index in [-0.39, 0.29) is 12.4 Å². The summed E-state index contributed by atoms with van der Waals surface area (Å²) in [6, 6.07) is 10.3. The average molecular weight is 415 g/mol. The molecule has 0 aliphatic carbocycles. The summed E-state index contributed by atoms with van der Waals surface area (Å²) in [5, 5.41) is 17.7. The second kappa shape index (κ2) is 9.86. The maximum absolute atomic E-state index is 12.9. The number of nitrogens with zero attached hydrogens (tertiary/aromatic N) is 3. The van der Waals surface area contributed by atoms with Gasteiger partial charge in [-0.25, -0.2) is 4.98 Å². The number of benzene rings is 1. The summed E-state index contributed by atoms with van der Waals surface area (Å²) in [5.74, 6) is 1.46. The van der Waals surface area contributed by atoms with Crippen molar-refractivity contribution in [2.24, 2.45) is 0 Å². The number of aryl methyl sites for hydroxylation is 2. The van der Waals surface area contributed by atoms with E-state index in [9.17, 15) is 9.90 Å². The highest BCUT2D eigenvalue weighted by Gasteiger charge is 2.42. The number of carbonyl (C=O) groups excluding carboxylic acids is 1. The molecular formula is C22H29N3O5. The predicted molar refractivity (Wildman–Crippen MR) is 110 cm³/mol. The minimum atomic E-state index is -1.23. The number of oxazole rings is 1. The first-order chi connectivity index (χ1) is 14.4. The van der Waals surface area contributed by atoms with Crippen LogP contribution >= 0.6 is 0 Å². The Morgan fingerprint density at radius 2 is 1.87 bits per heavy atom. The molecule has 8 heteroatoms. The number of amides is 1. The number of fused-ring (bicyclic) bond motifs is 1. The Balaban J connectivity index is 0.000000806. The van der Waals surface area contributed by atoms with Gasteiger partial charge in [0.25, 0.3) is 12.4 Å². The van der Waals surface area contributed by atoms with Gasteiger partial charge in [0.2, 0.25) is 0 Å². The molecule has 2 aliphatic rings. The molecule has 0 saturated carbocycles. The molecule has 0 unspecified atom stereocenters. The molecule has 162 valence electrons. The number of aliphatic hydroxyl groups is 1. The number of carboxylic acid groups (broad SMARTS) is 1. The maximum atomic E-state index is 12.9. The van der Waals surface area contributed by atoms with Crippen LogP contribution in [-0.4, -0.2) is 69.7 Å². The molecule has 3 heterocycles. The highest BCUT2D eigenvalue weighted by atomic mass is 16.4. The summed E-state index contributed by atoms with van der Waals surface area (Å²) in [7, 11) is 2.02. The topological polar surface area (TPSA) is 107 Å². The van der Waals surface area contributed by atoms with Crippen molar-refractivity contribution in [1.82, 2.24) is 14.8 Å². The molecule has 1 fully saturated rings. The van der Waals surface area contributed by atoms with Crippen LogP contribution in [0.2, 0.25) is 0 Å². The lowest BCUT2D eigenvalue weighted by molar-refractivity contribution is -0.157. The van der Waals surface area contributed by atoms with E-state index in [0.717, 1.165) is 43.3 Å². The van der Waals surface area contributed by atoms with E-state index in [4.69, 9.17) is 14.3 Å². The zero-order chi connectivity index (χ0) is 21.6. The van der Waals surface area contributed by atoms with Crippen LogP contribution in [0.15, 0.2) is 34.7 Å². The number of rotatable bonds is 4. The van der Waals surface area contributed by atoms with Gasteiger partial charge in [-0.05, 0) is 31.9 Å². The van der Waals surface area contributed by atoms with Gasteiger partial charge < -0.3 is 24.4 Å². The van der Waals surface area contributed by atoms with Gasteiger partial charge in [-0.1, -0.05) is 30.3 Å². The molecule has 0 radical (unpaired) electrons. The van der Waals surface area contributed by atoms with Crippen molar-refractivity contribution in [1.29, 1.82) is 0 Å². The molecule has 30 heavy (non-hydrogen) atoms. The lowest BCUT2D eigenvalue weighted by Gasteiger charge is -2.39. The molecule has 2 aliphatic heterocycles. The molecular weight excluding hydrogens is 386 g/mol. The van der Waals surface area contributed by atoms with Crippen LogP contribution < -0.4 is 0 Å². The largest absolute Gasteiger partial charge is 0.483 e. The van der Waals surface area contributed by atoms with E-state index in [1.54, 1.807) is 4.90 Å². The van der Waals surface area contributed by atoms with Crippen molar-refractivity contribution < 1.29 is 24.2 Å². The summed E-state index contributed by atoms with van der Waals surface area (Å²) in [6.07, 6.45) is 3.28. The average Bonchev–Trinajstić information content (AvgIpc) is 3.17. The summed E-state index contributed by atoms with van der Waals surface area (Å²) in [5.41, 5.74) is 0.869. The standard InChI is InChI=1S/C21H27N3O3.CH2O2/c1-23-13-10-21(26,11-14-23)20(25)24-12-9-18-17(15-24)22-19(27-18)8-7-16-5-3-2-4-6-16;2-1-3/h2-6,26H,7-15H2,1H3;1H,(H,2,3). The minimum Gasteiger partial charge on any atom is -0.483 e. The normalized spacial score (nSPS) is 18.1. The van der Waals surface area contributed by atoms with Gasteiger partial charge >= 0.3 is 0 Å². The molecule has 1 aromatic carbocycles. The van der Waals surface area contributed by atoms with Gasteiger partial charge in [-0.15, -0.1) is 0 Å². The fourth-order valence-corrected chi connectivity index (χ4v) is 3.92. The van der Waals surface area contributed by atoms with Crippen LogP contribution in [-0.2, 0) is 35.4 Å². The Hall–Kier alpha value is -2.71. The summed E-state index contributed by atoms with van der Waals surface area (Å²) >= 11 is 0. The molecule has 4 rings (SSSR count). The van der Waals surface area contributed by atoms with Crippen LogP contribution in [0.5, 0.6) is 0 Å². The zero-order valence-corrected chi connectivity index (χ0v) is 17.3. The van der Waals surface area contributed by atoms with Crippen LogP contribution in [0.25, 0.3) is 0 Å². The second-order valence-electron chi connectivity index (χ2n) is 7.88. The van der Waals surface area contributed by atoms with Crippen LogP contribution in [0.1, 0.15) is 35.7 Å². The lowest BCUT2D eigenvalue weighted by Crippen LogP contribution is -2.55. The Morgan fingerprint density at radius 3 is 2.53 bits per heavy atom. The fourth-order valence-electron chi connectivity index (χ4n) is 3.92. The number of carbonyl (C=O) groups is 2. The van der Waals surface area contributed by atoms with Gasteiger partial charge in [-0.2, -0.15) is 0 Å². The first-order valence-electron chi connectivity index (χ1n) is 10.2. The quantitative estimate of drug-likeness (QED) is 0.729. The smallest absolute Gasteiger partial charge is 0.290 e.